The number of nitrogens with two attached hydrogens (primary N) is 1. The number of halogens is 1. The standard InChI is InChI=1S/C12H18FN3O4S/c1-3-12(4-2,8-14)15-21(19,20)11-7-9(16(17)18)5-6-10(11)13/h5-7,15H,3-4,8,14H2,1-2H3. The molecule has 0 saturated heterocycles. The van der Waals surface area contributed by atoms with Gasteiger partial charge in [-0.25, -0.2) is 17.5 Å². The summed E-state index contributed by atoms with van der Waals surface area (Å²) in [6.07, 6.45) is 0.825. The highest BCUT2D eigenvalue weighted by atomic mass is 32.2. The molecule has 0 atom stereocenters. The van der Waals surface area contributed by atoms with Gasteiger partial charge in [0.05, 0.1) is 4.92 Å². The van der Waals surface area contributed by atoms with Crippen LogP contribution in [0.1, 0.15) is 26.7 Å². The molecule has 118 valence electrons. The van der Waals surface area contributed by atoms with Crippen LogP contribution in [0.5, 0.6) is 0 Å². The van der Waals surface area contributed by atoms with Crippen molar-refractivity contribution in [3.05, 3.63) is 34.1 Å². The molecular weight excluding hydrogens is 301 g/mol. The number of hydrogen-bond donors (Lipinski definition) is 2. The fraction of sp³-hybridized carbons (Fsp3) is 0.500. The topological polar surface area (TPSA) is 115 Å². The quantitative estimate of drug-likeness (QED) is 0.584. The summed E-state index contributed by atoms with van der Waals surface area (Å²) < 4.78 is 40.7. The SMILES string of the molecule is CCC(CC)(CN)NS(=O)(=O)c1cc([N+](=O)[O-])ccc1F. The van der Waals surface area contributed by atoms with E-state index in [0.29, 0.717) is 18.9 Å². The van der Waals surface area contributed by atoms with E-state index in [9.17, 15) is 22.9 Å². The number of nitrogens with one attached hydrogen (secondary N) is 1. The molecule has 0 aliphatic rings. The summed E-state index contributed by atoms with van der Waals surface area (Å²) in [6.45, 7) is 3.54. The number of hydrogen-bond acceptors (Lipinski definition) is 5. The molecule has 3 N–H and O–H groups in total. The van der Waals surface area contributed by atoms with Crippen LogP contribution >= 0.6 is 0 Å². The Morgan fingerprint density at radius 3 is 2.38 bits per heavy atom. The molecule has 7 nitrogen and oxygen atoms in total. The van der Waals surface area contributed by atoms with Gasteiger partial charge in [-0.15, -0.1) is 0 Å². The van der Waals surface area contributed by atoms with Crippen molar-refractivity contribution in [3.8, 4) is 0 Å². The van der Waals surface area contributed by atoms with Gasteiger partial charge in [-0.2, -0.15) is 0 Å². The second kappa shape index (κ2) is 6.46. The number of rotatable bonds is 7. The fourth-order valence-electron chi connectivity index (χ4n) is 1.88. The number of nitrogens with zero attached hydrogens (tertiary/aromatic N) is 1. The van der Waals surface area contributed by atoms with Crippen molar-refractivity contribution in [1.29, 1.82) is 0 Å². The molecular formula is C12H18FN3O4S. The minimum absolute atomic E-state index is 0.0375. The summed E-state index contributed by atoms with van der Waals surface area (Å²) in [5, 5.41) is 10.7. The maximum Gasteiger partial charge on any atom is 0.270 e. The second-order valence-electron chi connectivity index (χ2n) is 4.67. The van der Waals surface area contributed by atoms with Crippen LogP contribution < -0.4 is 10.5 Å². The van der Waals surface area contributed by atoms with Gasteiger partial charge in [-0.3, -0.25) is 10.1 Å². The molecule has 0 radical (unpaired) electrons. The summed E-state index contributed by atoms with van der Waals surface area (Å²) in [5.41, 5.74) is 4.20. The van der Waals surface area contributed by atoms with Gasteiger partial charge >= 0.3 is 0 Å². The Morgan fingerprint density at radius 2 is 1.95 bits per heavy atom. The van der Waals surface area contributed by atoms with E-state index in [1.54, 1.807) is 13.8 Å². The summed E-state index contributed by atoms with van der Waals surface area (Å²) in [4.78, 5) is 9.16. The molecule has 21 heavy (non-hydrogen) atoms. The van der Waals surface area contributed by atoms with E-state index >= 15 is 0 Å². The van der Waals surface area contributed by atoms with Gasteiger partial charge in [0.15, 0.2) is 0 Å². The first kappa shape index (κ1) is 17.5. The van der Waals surface area contributed by atoms with E-state index in [0.717, 1.165) is 12.1 Å². The molecule has 0 fully saturated rings. The highest BCUT2D eigenvalue weighted by molar-refractivity contribution is 7.89. The van der Waals surface area contributed by atoms with Crippen molar-refractivity contribution < 1.29 is 17.7 Å². The zero-order valence-electron chi connectivity index (χ0n) is 11.8. The molecule has 0 amide bonds. The molecule has 0 heterocycles. The highest BCUT2D eigenvalue weighted by Gasteiger charge is 2.33. The number of benzene rings is 1. The third kappa shape index (κ3) is 3.74. The number of nitro groups is 1. The molecule has 0 aromatic heterocycles. The molecule has 0 unspecified atom stereocenters. The van der Waals surface area contributed by atoms with Crippen LogP contribution in [-0.4, -0.2) is 25.4 Å². The van der Waals surface area contributed by atoms with E-state index in [4.69, 9.17) is 5.73 Å². The Hall–Kier alpha value is -1.58. The van der Waals surface area contributed by atoms with Crippen molar-refractivity contribution in [2.75, 3.05) is 6.54 Å². The average molecular weight is 319 g/mol. The summed E-state index contributed by atoms with van der Waals surface area (Å²) in [6, 6.07) is 2.36. The van der Waals surface area contributed by atoms with Gasteiger partial charge in [-0.1, -0.05) is 13.8 Å². The zero-order valence-corrected chi connectivity index (χ0v) is 12.6. The normalized spacial score (nSPS) is 12.4. The van der Waals surface area contributed by atoms with Crippen LogP contribution in [0.3, 0.4) is 0 Å². The maximum atomic E-state index is 13.7. The first-order valence-corrected chi connectivity index (χ1v) is 7.87. The zero-order chi connectivity index (χ0) is 16.3. The van der Waals surface area contributed by atoms with Crippen LogP contribution in [0.2, 0.25) is 0 Å². The first-order valence-electron chi connectivity index (χ1n) is 6.39. The van der Waals surface area contributed by atoms with Gasteiger partial charge in [0.25, 0.3) is 5.69 Å². The van der Waals surface area contributed by atoms with Crippen molar-refractivity contribution in [1.82, 2.24) is 4.72 Å². The van der Waals surface area contributed by atoms with Crippen molar-refractivity contribution >= 4 is 15.7 Å². The lowest BCUT2D eigenvalue weighted by Gasteiger charge is -2.30. The molecule has 0 aliphatic heterocycles. The van der Waals surface area contributed by atoms with Crippen LogP contribution in [0.15, 0.2) is 23.1 Å². The number of non-ortho nitro benzene ring substituents is 1. The Kier molecular flexibility index (Phi) is 5.37. The Bertz CT molecular complexity index is 621. The van der Waals surface area contributed by atoms with E-state index in [1.165, 1.54) is 0 Å². The minimum Gasteiger partial charge on any atom is -0.329 e. The molecule has 0 spiro atoms. The van der Waals surface area contributed by atoms with Crippen molar-refractivity contribution in [3.63, 3.8) is 0 Å². The first-order chi connectivity index (χ1) is 9.71. The monoisotopic (exact) mass is 319 g/mol. The van der Waals surface area contributed by atoms with E-state index in [1.807, 2.05) is 0 Å². The lowest BCUT2D eigenvalue weighted by atomic mass is 9.95. The summed E-state index contributed by atoms with van der Waals surface area (Å²) in [7, 11) is -4.25. The largest absolute Gasteiger partial charge is 0.329 e. The van der Waals surface area contributed by atoms with Crippen LogP contribution in [0, 0.1) is 15.9 Å². The van der Waals surface area contributed by atoms with Gasteiger partial charge in [0.2, 0.25) is 10.0 Å². The summed E-state index contributed by atoms with van der Waals surface area (Å²) >= 11 is 0. The van der Waals surface area contributed by atoms with E-state index < -0.39 is 36.9 Å². The van der Waals surface area contributed by atoms with E-state index in [2.05, 4.69) is 4.72 Å². The van der Waals surface area contributed by atoms with Gasteiger partial charge < -0.3 is 5.73 Å². The van der Waals surface area contributed by atoms with Crippen molar-refractivity contribution in [2.45, 2.75) is 37.1 Å². The fourth-order valence-corrected chi connectivity index (χ4v) is 3.53. The molecule has 9 heteroatoms. The third-order valence-electron chi connectivity index (χ3n) is 3.51. The van der Waals surface area contributed by atoms with Gasteiger partial charge in [0, 0.05) is 24.2 Å². The molecule has 0 bridgehead atoms. The molecule has 0 aliphatic carbocycles. The molecule has 1 aromatic rings. The van der Waals surface area contributed by atoms with E-state index in [-0.39, 0.29) is 6.54 Å². The lowest BCUT2D eigenvalue weighted by molar-refractivity contribution is -0.385. The number of nitro benzene ring substituents is 1. The second-order valence-corrected chi connectivity index (χ2v) is 6.32. The average Bonchev–Trinajstić information content (AvgIpc) is 2.45. The molecule has 1 rings (SSSR count). The Labute approximate surface area is 122 Å². The minimum atomic E-state index is -4.25. The maximum absolute atomic E-state index is 13.7. The summed E-state index contributed by atoms with van der Waals surface area (Å²) in [5.74, 6) is -1.05. The van der Waals surface area contributed by atoms with Gasteiger partial charge in [-0.05, 0) is 18.9 Å². The van der Waals surface area contributed by atoms with Crippen LogP contribution in [-0.2, 0) is 10.0 Å². The number of sulfonamides is 1. The Morgan fingerprint density at radius 1 is 1.38 bits per heavy atom. The molecule has 0 saturated carbocycles. The Balaban J connectivity index is 3.31. The van der Waals surface area contributed by atoms with Gasteiger partial charge in [0.1, 0.15) is 10.7 Å². The smallest absolute Gasteiger partial charge is 0.270 e. The van der Waals surface area contributed by atoms with Crippen LogP contribution in [0.25, 0.3) is 0 Å². The lowest BCUT2D eigenvalue weighted by Crippen LogP contribution is -2.52. The van der Waals surface area contributed by atoms with Crippen molar-refractivity contribution in [2.24, 2.45) is 5.73 Å². The molecule has 1 aromatic carbocycles. The highest BCUT2D eigenvalue weighted by Crippen LogP contribution is 2.24. The van der Waals surface area contributed by atoms with Crippen LogP contribution in [0.4, 0.5) is 10.1 Å². The predicted octanol–water partition coefficient (Wildman–Crippen LogP) is 1.53. The predicted molar refractivity (Wildman–Crippen MR) is 75.7 cm³/mol. The third-order valence-corrected chi connectivity index (χ3v) is 5.10.